The van der Waals surface area contributed by atoms with Gasteiger partial charge in [-0.25, -0.2) is 22.0 Å². The van der Waals surface area contributed by atoms with Gasteiger partial charge >= 0.3 is 6.18 Å². The van der Waals surface area contributed by atoms with Crippen LogP contribution in [0.3, 0.4) is 0 Å². The van der Waals surface area contributed by atoms with Gasteiger partial charge in [0.25, 0.3) is 0 Å². The Kier molecular flexibility index (Phi) is 8.05. The molecular formula is C45H34F8N2. The van der Waals surface area contributed by atoms with E-state index >= 15 is 22.0 Å². The van der Waals surface area contributed by atoms with E-state index in [-0.39, 0.29) is 21.9 Å². The molecule has 0 bridgehead atoms. The van der Waals surface area contributed by atoms with E-state index in [4.69, 9.17) is 0 Å². The van der Waals surface area contributed by atoms with E-state index in [9.17, 15) is 13.2 Å². The number of aromatic nitrogens is 2. The van der Waals surface area contributed by atoms with Crippen LogP contribution in [0.2, 0.25) is 0 Å². The number of rotatable bonds is 3. The largest absolute Gasteiger partial charge is 0.420 e. The van der Waals surface area contributed by atoms with Gasteiger partial charge in [0.2, 0.25) is 5.82 Å². The minimum Gasteiger partial charge on any atom is -0.309 e. The number of halogens is 8. The van der Waals surface area contributed by atoms with E-state index in [1.165, 1.54) is 9.13 Å². The molecule has 0 saturated heterocycles. The highest BCUT2D eigenvalue weighted by Crippen LogP contribution is 2.49. The van der Waals surface area contributed by atoms with Gasteiger partial charge < -0.3 is 9.13 Å². The average molecular weight is 755 g/mol. The Morgan fingerprint density at radius 2 is 0.855 bits per heavy atom. The molecule has 2 aromatic heterocycles. The third-order valence-corrected chi connectivity index (χ3v) is 10.5. The summed E-state index contributed by atoms with van der Waals surface area (Å²) in [7, 11) is 0. The van der Waals surface area contributed by atoms with Gasteiger partial charge in [0, 0.05) is 27.1 Å². The molecule has 280 valence electrons. The van der Waals surface area contributed by atoms with Crippen molar-refractivity contribution in [2.45, 2.75) is 58.5 Å². The summed E-state index contributed by atoms with van der Waals surface area (Å²) in [5.74, 6) is -11.5. The Hall–Kier alpha value is -5.64. The van der Waals surface area contributed by atoms with Crippen LogP contribution in [0.4, 0.5) is 35.1 Å². The zero-order valence-corrected chi connectivity index (χ0v) is 30.7. The van der Waals surface area contributed by atoms with Crippen molar-refractivity contribution in [3.05, 3.63) is 143 Å². The van der Waals surface area contributed by atoms with Gasteiger partial charge in [0.15, 0.2) is 23.3 Å². The van der Waals surface area contributed by atoms with Gasteiger partial charge in [0.05, 0.1) is 39.0 Å². The van der Waals surface area contributed by atoms with Crippen molar-refractivity contribution in [1.82, 2.24) is 9.13 Å². The van der Waals surface area contributed by atoms with Crippen molar-refractivity contribution in [3.63, 3.8) is 0 Å². The SMILES string of the molecule is CC(C)(C)c1ccc2c(c1)c1ccccc1n2-c1ccc(-c2c(F)c(F)c(F)c(F)c2F)c(-n2c3ccccc3c3cc(C(C)(C)C)ccc32)c1C(F)(F)F. The number of alkyl halides is 3. The Balaban J connectivity index is 1.62. The molecule has 0 atom stereocenters. The van der Waals surface area contributed by atoms with Crippen LogP contribution in [0.5, 0.6) is 0 Å². The first-order valence-corrected chi connectivity index (χ1v) is 17.6. The molecule has 2 heterocycles. The molecule has 0 saturated carbocycles. The first-order chi connectivity index (χ1) is 25.8. The first kappa shape index (κ1) is 36.3. The van der Waals surface area contributed by atoms with Crippen LogP contribution in [0.15, 0.2) is 97.1 Å². The highest BCUT2D eigenvalue weighted by molar-refractivity contribution is 6.12. The number of hydrogen-bond donors (Lipinski definition) is 0. The monoisotopic (exact) mass is 754 g/mol. The van der Waals surface area contributed by atoms with Gasteiger partial charge in [-0.1, -0.05) is 90.1 Å². The van der Waals surface area contributed by atoms with Gasteiger partial charge in [-0.3, -0.25) is 0 Å². The van der Waals surface area contributed by atoms with E-state index in [1.807, 2.05) is 59.7 Å². The summed E-state index contributed by atoms with van der Waals surface area (Å²) >= 11 is 0. The molecule has 10 heteroatoms. The third kappa shape index (κ3) is 5.51. The van der Waals surface area contributed by atoms with Crippen LogP contribution in [0.1, 0.15) is 58.2 Å². The molecule has 0 amide bonds. The van der Waals surface area contributed by atoms with Crippen LogP contribution in [0.25, 0.3) is 66.1 Å². The standard InChI is InChI=1S/C45H34F8N2/c1-43(2,3)23-15-18-32-28(21-23)25-11-7-9-13-30(25)54(32)34-20-17-27(35-37(46)39(48)41(50)40(49)38(35)47)42(36(34)45(51,52)53)55-31-14-10-8-12-26(31)29-22-24(44(4,5)6)16-19-33(29)55/h7-22H,1-6H3. The molecule has 55 heavy (non-hydrogen) atoms. The summed E-state index contributed by atoms with van der Waals surface area (Å²) in [4.78, 5) is 0. The lowest BCUT2D eigenvalue weighted by molar-refractivity contribution is -0.137. The Bertz CT molecular complexity index is 2850. The summed E-state index contributed by atoms with van der Waals surface area (Å²) in [6.45, 7) is 12.0. The maximum absolute atomic E-state index is 16.2. The van der Waals surface area contributed by atoms with Crippen molar-refractivity contribution in [3.8, 4) is 22.5 Å². The van der Waals surface area contributed by atoms with Gasteiger partial charge in [-0.15, -0.1) is 0 Å². The molecule has 0 unspecified atom stereocenters. The van der Waals surface area contributed by atoms with Crippen molar-refractivity contribution >= 4 is 43.6 Å². The Morgan fingerprint density at radius 3 is 1.33 bits per heavy atom. The fourth-order valence-corrected chi connectivity index (χ4v) is 7.70. The molecule has 0 N–H and O–H groups in total. The lowest BCUT2D eigenvalue weighted by atomic mass is 9.86. The van der Waals surface area contributed by atoms with Crippen LogP contribution in [-0.4, -0.2) is 9.13 Å². The third-order valence-electron chi connectivity index (χ3n) is 10.5. The highest BCUT2D eigenvalue weighted by atomic mass is 19.4. The second kappa shape index (κ2) is 12.2. The topological polar surface area (TPSA) is 9.86 Å². The molecule has 0 fully saturated rings. The van der Waals surface area contributed by atoms with E-state index in [0.717, 1.165) is 23.3 Å². The number of nitrogens with zero attached hydrogens (tertiary/aromatic N) is 2. The summed E-state index contributed by atoms with van der Waals surface area (Å²) in [6.07, 6.45) is -5.24. The fraction of sp³-hybridized carbons (Fsp3) is 0.200. The molecule has 0 aliphatic carbocycles. The van der Waals surface area contributed by atoms with Gasteiger partial charge in [0.1, 0.15) is 5.56 Å². The molecule has 6 aromatic carbocycles. The van der Waals surface area contributed by atoms with Crippen LogP contribution in [-0.2, 0) is 17.0 Å². The van der Waals surface area contributed by atoms with E-state index in [2.05, 4.69) is 0 Å². The first-order valence-electron chi connectivity index (χ1n) is 17.6. The second-order valence-electron chi connectivity index (χ2n) is 16.0. The summed E-state index contributed by atoms with van der Waals surface area (Å²) in [5.41, 5.74) is -2.37. The highest BCUT2D eigenvalue weighted by Gasteiger charge is 2.42. The number of hydrogen-bond acceptors (Lipinski definition) is 0. The lowest BCUT2D eigenvalue weighted by Gasteiger charge is -2.25. The maximum atomic E-state index is 16.2. The molecule has 0 aliphatic rings. The minimum atomic E-state index is -5.24. The van der Waals surface area contributed by atoms with Crippen molar-refractivity contribution in [2.24, 2.45) is 0 Å². The normalized spacial score (nSPS) is 12.9. The van der Waals surface area contributed by atoms with Crippen LogP contribution >= 0.6 is 0 Å². The zero-order chi connectivity index (χ0) is 39.5. The minimum absolute atomic E-state index is 0.230. The number of para-hydroxylation sites is 2. The quantitative estimate of drug-likeness (QED) is 0.0966. The molecule has 0 aliphatic heterocycles. The van der Waals surface area contributed by atoms with E-state index in [0.29, 0.717) is 32.6 Å². The molecule has 0 spiro atoms. The summed E-state index contributed by atoms with van der Waals surface area (Å²) < 4.78 is 127. The molecular weight excluding hydrogens is 720 g/mol. The van der Waals surface area contributed by atoms with Crippen molar-refractivity contribution < 1.29 is 35.1 Å². The van der Waals surface area contributed by atoms with Gasteiger partial charge in [-0.05, 0) is 70.5 Å². The van der Waals surface area contributed by atoms with Crippen LogP contribution < -0.4 is 0 Å². The molecule has 2 nitrogen and oxygen atoms in total. The summed E-state index contributed by atoms with van der Waals surface area (Å²) in [5, 5.41) is 2.40. The van der Waals surface area contributed by atoms with Crippen molar-refractivity contribution in [1.29, 1.82) is 0 Å². The second-order valence-corrected chi connectivity index (χ2v) is 16.0. The lowest BCUT2D eigenvalue weighted by Crippen LogP contribution is -2.18. The number of fused-ring (bicyclic) bond motifs is 6. The predicted octanol–water partition coefficient (Wildman–Crippen LogP) is 13.9. The van der Waals surface area contributed by atoms with E-state index in [1.54, 1.807) is 66.7 Å². The molecule has 0 radical (unpaired) electrons. The van der Waals surface area contributed by atoms with Gasteiger partial charge in [-0.2, -0.15) is 13.2 Å². The molecule has 8 aromatic rings. The zero-order valence-electron chi connectivity index (χ0n) is 30.7. The number of benzene rings is 6. The fourth-order valence-electron chi connectivity index (χ4n) is 7.70. The molecule has 8 rings (SSSR count). The van der Waals surface area contributed by atoms with Crippen molar-refractivity contribution in [2.75, 3.05) is 0 Å². The van der Waals surface area contributed by atoms with E-state index < -0.39 is 63.3 Å². The Labute approximate surface area is 311 Å². The maximum Gasteiger partial charge on any atom is 0.420 e. The predicted molar refractivity (Wildman–Crippen MR) is 203 cm³/mol. The Morgan fingerprint density at radius 1 is 0.436 bits per heavy atom. The van der Waals surface area contributed by atoms with Crippen LogP contribution in [0, 0.1) is 29.1 Å². The smallest absolute Gasteiger partial charge is 0.309 e. The average Bonchev–Trinajstić information content (AvgIpc) is 3.64. The summed E-state index contributed by atoms with van der Waals surface area (Å²) in [6, 6.07) is 26.4.